The number of anilines is 2. The fourth-order valence-electron chi connectivity index (χ4n) is 2.30. The summed E-state index contributed by atoms with van der Waals surface area (Å²) in [7, 11) is 0. The highest BCUT2D eigenvalue weighted by molar-refractivity contribution is 6.33. The van der Waals surface area contributed by atoms with E-state index in [9.17, 15) is 4.79 Å². The number of halogens is 1. The number of carbonyl (C=O) groups is 1. The Morgan fingerprint density at radius 1 is 1.14 bits per heavy atom. The average molecular weight is 303 g/mol. The van der Waals surface area contributed by atoms with Crippen LogP contribution in [0.2, 0.25) is 5.02 Å². The van der Waals surface area contributed by atoms with Gasteiger partial charge in [-0.1, -0.05) is 23.7 Å². The summed E-state index contributed by atoms with van der Waals surface area (Å²) in [5, 5.41) is 3.22. The maximum atomic E-state index is 12.1. The van der Waals surface area contributed by atoms with Crippen molar-refractivity contribution in [3.05, 3.63) is 47.4 Å². The van der Waals surface area contributed by atoms with E-state index in [1.54, 1.807) is 18.3 Å². The van der Waals surface area contributed by atoms with Gasteiger partial charge in [-0.15, -0.1) is 0 Å². The third-order valence-electron chi connectivity index (χ3n) is 3.42. The van der Waals surface area contributed by atoms with E-state index in [0.29, 0.717) is 10.7 Å². The molecule has 0 unspecified atom stereocenters. The molecule has 0 spiro atoms. The number of hydrogen-bond donors (Lipinski definition) is 1. The van der Waals surface area contributed by atoms with Gasteiger partial charge in [-0.05, 0) is 25.0 Å². The molecule has 21 heavy (non-hydrogen) atoms. The van der Waals surface area contributed by atoms with Gasteiger partial charge in [-0.3, -0.25) is 4.79 Å². The molecule has 1 amide bonds. The lowest BCUT2D eigenvalue weighted by Crippen LogP contribution is -2.20. The molecule has 1 N–H and O–H groups in total. The third-order valence-corrected chi connectivity index (χ3v) is 3.75. The SMILES string of the molecule is O=C(Nc1ccccc1Cl)c1cnc(N2CCCC2)cn1. The topological polar surface area (TPSA) is 58.1 Å². The van der Waals surface area contributed by atoms with Crippen LogP contribution in [0, 0.1) is 0 Å². The van der Waals surface area contributed by atoms with Crippen LogP contribution in [-0.2, 0) is 0 Å². The molecule has 1 aliphatic rings. The largest absolute Gasteiger partial charge is 0.355 e. The van der Waals surface area contributed by atoms with Crippen LogP contribution in [-0.4, -0.2) is 29.0 Å². The van der Waals surface area contributed by atoms with Gasteiger partial charge in [0.25, 0.3) is 5.91 Å². The molecular weight excluding hydrogens is 288 g/mol. The summed E-state index contributed by atoms with van der Waals surface area (Å²) in [4.78, 5) is 22.8. The summed E-state index contributed by atoms with van der Waals surface area (Å²) >= 11 is 6.01. The zero-order valence-electron chi connectivity index (χ0n) is 11.4. The van der Waals surface area contributed by atoms with Crippen molar-refractivity contribution in [2.24, 2.45) is 0 Å². The Labute approximate surface area is 128 Å². The predicted octanol–water partition coefficient (Wildman–Crippen LogP) is 2.98. The Bertz CT molecular complexity index is 638. The molecule has 0 aliphatic carbocycles. The standard InChI is InChI=1S/C15H15ClN4O/c16-11-5-1-2-6-12(11)19-15(21)13-9-18-14(10-17-13)20-7-3-4-8-20/h1-2,5-6,9-10H,3-4,7-8H2,(H,19,21). The first-order chi connectivity index (χ1) is 10.2. The first kappa shape index (κ1) is 13.8. The molecule has 2 aromatic rings. The molecule has 0 saturated carbocycles. The number of para-hydroxylation sites is 1. The molecule has 1 fully saturated rings. The Morgan fingerprint density at radius 3 is 2.57 bits per heavy atom. The van der Waals surface area contributed by atoms with Crippen LogP contribution >= 0.6 is 11.6 Å². The van der Waals surface area contributed by atoms with Crippen LogP contribution in [0.4, 0.5) is 11.5 Å². The number of carbonyl (C=O) groups excluding carboxylic acids is 1. The minimum Gasteiger partial charge on any atom is -0.355 e. The van der Waals surface area contributed by atoms with Crippen molar-refractivity contribution < 1.29 is 4.79 Å². The number of nitrogens with zero attached hydrogens (tertiary/aromatic N) is 3. The number of benzene rings is 1. The van der Waals surface area contributed by atoms with Crippen molar-refractivity contribution in [2.75, 3.05) is 23.3 Å². The zero-order chi connectivity index (χ0) is 14.7. The molecule has 3 rings (SSSR count). The summed E-state index contributed by atoms with van der Waals surface area (Å²) in [5.74, 6) is 0.505. The van der Waals surface area contributed by atoms with E-state index < -0.39 is 0 Å². The molecule has 108 valence electrons. The highest BCUT2D eigenvalue weighted by atomic mass is 35.5. The molecule has 1 aliphatic heterocycles. The molecule has 0 atom stereocenters. The Kier molecular flexibility index (Phi) is 4.01. The van der Waals surface area contributed by atoms with Gasteiger partial charge in [-0.2, -0.15) is 0 Å². The van der Waals surface area contributed by atoms with Crippen molar-refractivity contribution >= 4 is 29.0 Å². The zero-order valence-corrected chi connectivity index (χ0v) is 12.2. The van der Waals surface area contributed by atoms with Gasteiger partial charge in [0, 0.05) is 13.1 Å². The monoisotopic (exact) mass is 302 g/mol. The second-order valence-electron chi connectivity index (χ2n) is 4.89. The van der Waals surface area contributed by atoms with E-state index in [2.05, 4.69) is 20.2 Å². The molecule has 0 radical (unpaired) electrons. The summed E-state index contributed by atoms with van der Waals surface area (Å²) < 4.78 is 0. The van der Waals surface area contributed by atoms with Crippen molar-refractivity contribution in [3.8, 4) is 0 Å². The van der Waals surface area contributed by atoms with Gasteiger partial charge < -0.3 is 10.2 Å². The second-order valence-corrected chi connectivity index (χ2v) is 5.30. The van der Waals surface area contributed by atoms with Gasteiger partial charge in [0.15, 0.2) is 0 Å². The quantitative estimate of drug-likeness (QED) is 0.947. The van der Waals surface area contributed by atoms with Crippen molar-refractivity contribution in [1.82, 2.24) is 9.97 Å². The van der Waals surface area contributed by atoms with Crippen molar-refractivity contribution in [1.29, 1.82) is 0 Å². The second kappa shape index (κ2) is 6.10. The first-order valence-corrected chi connectivity index (χ1v) is 7.25. The van der Waals surface area contributed by atoms with Crippen LogP contribution in [0.25, 0.3) is 0 Å². The Balaban J connectivity index is 1.71. The molecular formula is C15H15ClN4O. The third kappa shape index (κ3) is 3.13. The Morgan fingerprint density at radius 2 is 1.90 bits per heavy atom. The van der Waals surface area contributed by atoms with E-state index >= 15 is 0 Å². The minimum absolute atomic E-state index is 0.276. The molecule has 1 aromatic carbocycles. The van der Waals surface area contributed by atoms with Gasteiger partial charge >= 0.3 is 0 Å². The lowest BCUT2D eigenvalue weighted by atomic mass is 10.3. The highest BCUT2D eigenvalue weighted by Crippen LogP contribution is 2.21. The van der Waals surface area contributed by atoms with E-state index in [1.165, 1.54) is 19.0 Å². The minimum atomic E-state index is -0.316. The summed E-state index contributed by atoms with van der Waals surface area (Å²) in [6.45, 7) is 2.00. The maximum Gasteiger partial charge on any atom is 0.275 e. The molecule has 0 bridgehead atoms. The number of nitrogens with one attached hydrogen (secondary N) is 1. The maximum absolute atomic E-state index is 12.1. The van der Waals surface area contributed by atoms with Gasteiger partial charge in [-0.25, -0.2) is 9.97 Å². The Hall–Kier alpha value is -2.14. The van der Waals surface area contributed by atoms with Gasteiger partial charge in [0.05, 0.1) is 23.1 Å². The van der Waals surface area contributed by atoms with Gasteiger partial charge in [0.1, 0.15) is 11.5 Å². The van der Waals surface area contributed by atoms with Crippen molar-refractivity contribution in [3.63, 3.8) is 0 Å². The molecule has 5 nitrogen and oxygen atoms in total. The lowest BCUT2D eigenvalue weighted by molar-refractivity contribution is 0.102. The van der Waals surface area contributed by atoms with Crippen LogP contribution in [0.15, 0.2) is 36.7 Å². The summed E-state index contributed by atoms with van der Waals surface area (Å²) in [6.07, 6.45) is 5.50. The number of rotatable bonds is 3. The lowest BCUT2D eigenvalue weighted by Gasteiger charge is -2.15. The summed E-state index contributed by atoms with van der Waals surface area (Å²) in [5.41, 5.74) is 0.840. The molecule has 2 heterocycles. The van der Waals surface area contributed by atoms with Crippen LogP contribution in [0.3, 0.4) is 0 Å². The van der Waals surface area contributed by atoms with Crippen LogP contribution < -0.4 is 10.2 Å². The number of amides is 1. The number of hydrogen-bond acceptors (Lipinski definition) is 4. The fraction of sp³-hybridized carbons (Fsp3) is 0.267. The van der Waals surface area contributed by atoms with Crippen LogP contribution in [0.5, 0.6) is 0 Å². The van der Waals surface area contributed by atoms with Crippen LogP contribution in [0.1, 0.15) is 23.3 Å². The fourth-order valence-corrected chi connectivity index (χ4v) is 2.48. The molecule has 1 aromatic heterocycles. The van der Waals surface area contributed by atoms with Crippen molar-refractivity contribution in [2.45, 2.75) is 12.8 Å². The predicted molar refractivity (Wildman–Crippen MR) is 82.9 cm³/mol. The highest BCUT2D eigenvalue weighted by Gasteiger charge is 2.15. The van der Waals surface area contributed by atoms with Gasteiger partial charge in [0.2, 0.25) is 0 Å². The van der Waals surface area contributed by atoms with E-state index in [4.69, 9.17) is 11.6 Å². The number of aromatic nitrogens is 2. The smallest absolute Gasteiger partial charge is 0.275 e. The molecule has 6 heteroatoms. The summed E-state index contributed by atoms with van der Waals surface area (Å²) in [6, 6.07) is 7.08. The van der Waals surface area contributed by atoms with E-state index in [0.717, 1.165) is 18.9 Å². The first-order valence-electron chi connectivity index (χ1n) is 6.87. The van der Waals surface area contributed by atoms with E-state index in [1.807, 2.05) is 12.1 Å². The normalized spacial score (nSPS) is 14.2. The average Bonchev–Trinajstić information content (AvgIpc) is 3.04. The molecule has 1 saturated heterocycles. The van der Waals surface area contributed by atoms with E-state index in [-0.39, 0.29) is 11.6 Å².